The fourth-order valence-corrected chi connectivity index (χ4v) is 5.15. The molecule has 9 heteroatoms. The smallest absolute Gasteiger partial charge is 0.255 e. The lowest BCUT2D eigenvalue weighted by atomic mass is 9.79. The standard InChI is InChI=1S/C25H24ClN3O4S/c26-19-3-5-20(6-4-19)33-21-7-9-22(10-8-21)34-17-25(24(31)28-32)11-14-29(15-12-25)23(30)18-2-1-13-27-16-18/h1-10,13,16,32H,11-12,14-15,17H2,(H,28,31). The summed E-state index contributed by atoms with van der Waals surface area (Å²) in [4.78, 5) is 32.1. The van der Waals surface area contributed by atoms with E-state index in [4.69, 9.17) is 16.3 Å². The second-order valence-corrected chi connectivity index (χ2v) is 9.56. The summed E-state index contributed by atoms with van der Waals surface area (Å²) in [5, 5.41) is 10.0. The molecule has 176 valence electrons. The van der Waals surface area contributed by atoms with E-state index in [9.17, 15) is 14.8 Å². The maximum atomic E-state index is 12.7. The number of ether oxygens (including phenoxy) is 1. The van der Waals surface area contributed by atoms with Crippen molar-refractivity contribution in [1.82, 2.24) is 15.4 Å². The molecule has 2 heterocycles. The average molecular weight is 498 g/mol. The molecule has 1 fully saturated rings. The highest BCUT2D eigenvalue weighted by Gasteiger charge is 2.42. The summed E-state index contributed by atoms with van der Waals surface area (Å²) < 4.78 is 5.82. The molecule has 0 bridgehead atoms. The first-order valence-corrected chi connectivity index (χ1v) is 12.2. The Morgan fingerprint density at radius 3 is 2.29 bits per heavy atom. The van der Waals surface area contributed by atoms with E-state index < -0.39 is 11.3 Å². The number of piperidine rings is 1. The topological polar surface area (TPSA) is 91.8 Å². The molecular formula is C25H24ClN3O4S. The SMILES string of the molecule is O=C(c1cccnc1)N1CCC(CSc2ccc(Oc3ccc(Cl)cc3)cc2)(C(=O)NO)CC1. The number of nitrogens with one attached hydrogen (secondary N) is 1. The Labute approximate surface area is 207 Å². The largest absolute Gasteiger partial charge is 0.457 e. The van der Waals surface area contributed by atoms with Crippen LogP contribution in [-0.4, -0.2) is 45.7 Å². The molecule has 0 radical (unpaired) electrons. The van der Waals surface area contributed by atoms with Gasteiger partial charge >= 0.3 is 0 Å². The second kappa shape index (κ2) is 10.9. The highest BCUT2D eigenvalue weighted by atomic mass is 35.5. The lowest BCUT2D eigenvalue weighted by Crippen LogP contribution is -2.51. The number of amides is 2. The third kappa shape index (κ3) is 5.70. The molecule has 1 aliphatic rings. The Morgan fingerprint density at radius 1 is 1.06 bits per heavy atom. The zero-order valence-electron chi connectivity index (χ0n) is 18.3. The van der Waals surface area contributed by atoms with E-state index in [1.165, 1.54) is 11.8 Å². The van der Waals surface area contributed by atoms with Crippen LogP contribution in [0, 0.1) is 5.41 Å². The fraction of sp³-hybridized carbons (Fsp3) is 0.240. The first-order valence-electron chi connectivity index (χ1n) is 10.8. The van der Waals surface area contributed by atoms with Crippen LogP contribution in [0.1, 0.15) is 23.2 Å². The van der Waals surface area contributed by atoms with Crippen molar-refractivity contribution in [3.63, 3.8) is 0 Å². The number of hydroxylamine groups is 1. The summed E-state index contributed by atoms with van der Waals surface area (Å²) in [6.07, 6.45) is 4.07. The Bertz CT molecular complexity index is 1120. The summed E-state index contributed by atoms with van der Waals surface area (Å²) in [6.45, 7) is 0.852. The number of likely N-dealkylation sites (tertiary alicyclic amines) is 1. The van der Waals surface area contributed by atoms with E-state index >= 15 is 0 Å². The number of thioether (sulfide) groups is 1. The molecule has 7 nitrogen and oxygen atoms in total. The summed E-state index contributed by atoms with van der Waals surface area (Å²) in [7, 11) is 0. The van der Waals surface area contributed by atoms with Crippen molar-refractivity contribution in [1.29, 1.82) is 0 Å². The number of pyridine rings is 1. The molecule has 0 spiro atoms. The normalized spacial score (nSPS) is 14.9. The van der Waals surface area contributed by atoms with Gasteiger partial charge in [-0.1, -0.05) is 11.6 Å². The van der Waals surface area contributed by atoms with Crippen LogP contribution in [0.25, 0.3) is 0 Å². The molecule has 34 heavy (non-hydrogen) atoms. The monoisotopic (exact) mass is 497 g/mol. The minimum Gasteiger partial charge on any atom is -0.457 e. The average Bonchev–Trinajstić information content (AvgIpc) is 2.89. The first kappa shape index (κ1) is 24.1. The number of hydrogen-bond donors (Lipinski definition) is 2. The maximum absolute atomic E-state index is 12.7. The minimum absolute atomic E-state index is 0.102. The van der Waals surface area contributed by atoms with E-state index in [1.807, 2.05) is 29.7 Å². The molecule has 3 aromatic rings. The summed E-state index contributed by atoms with van der Waals surface area (Å²) >= 11 is 7.44. The molecule has 2 N–H and O–H groups in total. The van der Waals surface area contributed by atoms with Gasteiger partial charge in [-0.05, 0) is 73.5 Å². The van der Waals surface area contributed by atoms with Crippen molar-refractivity contribution in [3.8, 4) is 11.5 Å². The number of aromatic nitrogens is 1. The molecule has 4 rings (SSSR count). The number of carbonyl (C=O) groups is 2. The van der Waals surface area contributed by atoms with Gasteiger partial charge in [-0.3, -0.25) is 19.8 Å². The number of carbonyl (C=O) groups excluding carboxylic acids is 2. The number of nitrogens with zero attached hydrogens (tertiary/aromatic N) is 2. The van der Waals surface area contributed by atoms with Gasteiger partial charge in [0.05, 0.1) is 11.0 Å². The molecule has 0 atom stereocenters. The predicted octanol–water partition coefficient (Wildman–Crippen LogP) is 5.05. The third-order valence-electron chi connectivity index (χ3n) is 5.89. The predicted molar refractivity (Wildman–Crippen MR) is 130 cm³/mol. The molecule has 1 aromatic heterocycles. The van der Waals surface area contributed by atoms with E-state index in [0.29, 0.717) is 53.8 Å². The van der Waals surface area contributed by atoms with Crippen LogP contribution in [0.15, 0.2) is 78.0 Å². The van der Waals surface area contributed by atoms with Crippen LogP contribution in [0.2, 0.25) is 5.02 Å². The van der Waals surface area contributed by atoms with Gasteiger partial charge in [0.25, 0.3) is 11.8 Å². The van der Waals surface area contributed by atoms with Crippen molar-refractivity contribution in [2.45, 2.75) is 17.7 Å². The summed E-state index contributed by atoms with van der Waals surface area (Å²) in [5.74, 6) is 1.34. The van der Waals surface area contributed by atoms with Crippen LogP contribution in [0.5, 0.6) is 11.5 Å². The second-order valence-electron chi connectivity index (χ2n) is 8.07. The molecule has 0 saturated carbocycles. The lowest BCUT2D eigenvalue weighted by molar-refractivity contribution is -0.140. The molecular weight excluding hydrogens is 474 g/mol. The molecule has 0 aliphatic carbocycles. The number of halogens is 1. The Balaban J connectivity index is 1.37. The lowest BCUT2D eigenvalue weighted by Gasteiger charge is -2.40. The van der Waals surface area contributed by atoms with E-state index in [0.717, 1.165) is 4.90 Å². The minimum atomic E-state index is -0.774. The first-order chi connectivity index (χ1) is 16.5. The van der Waals surface area contributed by atoms with Gasteiger partial charge in [-0.15, -0.1) is 11.8 Å². The maximum Gasteiger partial charge on any atom is 0.255 e. The van der Waals surface area contributed by atoms with Gasteiger partial charge in [0.1, 0.15) is 11.5 Å². The number of hydrogen-bond acceptors (Lipinski definition) is 6. The van der Waals surface area contributed by atoms with Crippen molar-refractivity contribution in [2.75, 3.05) is 18.8 Å². The van der Waals surface area contributed by atoms with E-state index in [1.54, 1.807) is 53.7 Å². The van der Waals surface area contributed by atoms with Gasteiger partial charge in [-0.25, -0.2) is 5.48 Å². The van der Waals surface area contributed by atoms with Crippen LogP contribution < -0.4 is 10.2 Å². The van der Waals surface area contributed by atoms with Crippen molar-refractivity contribution in [3.05, 3.63) is 83.6 Å². The number of benzene rings is 2. The van der Waals surface area contributed by atoms with Gasteiger partial charge in [-0.2, -0.15) is 0 Å². The van der Waals surface area contributed by atoms with Crippen LogP contribution in [-0.2, 0) is 4.79 Å². The molecule has 1 saturated heterocycles. The van der Waals surface area contributed by atoms with Crippen LogP contribution >= 0.6 is 23.4 Å². The Hall–Kier alpha value is -3.07. The highest BCUT2D eigenvalue weighted by Crippen LogP contribution is 2.38. The zero-order chi connectivity index (χ0) is 24.0. The third-order valence-corrected chi connectivity index (χ3v) is 7.44. The van der Waals surface area contributed by atoms with Gasteiger partial charge in [0.2, 0.25) is 0 Å². The summed E-state index contributed by atoms with van der Waals surface area (Å²) in [5.41, 5.74) is 1.58. The van der Waals surface area contributed by atoms with Crippen LogP contribution in [0.4, 0.5) is 0 Å². The molecule has 2 amide bonds. The van der Waals surface area contributed by atoms with Crippen molar-refractivity contribution in [2.24, 2.45) is 5.41 Å². The summed E-state index contributed by atoms with van der Waals surface area (Å²) in [6, 6.07) is 18.2. The fourth-order valence-electron chi connectivity index (χ4n) is 3.83. The molecule has 2 aromatic carbocycles. The number of rotatable bonds is 7. The van der Waals surface area contributed by atoms with E-state index in [2.05, 4.69) is 4.98 Å². The van der Waals surface area contributed by atoms with Gasteiger partial charge in [0, 0.05) is 41.2 Å². The van der Waals surface area contributed by atoms with Gasteiger partial charge < -0.3 is 9.64 Å². The van der Waals surface area contributed by atoms with Gasteiger partial charge in [0.15, 0.2) is 0 Å². The van der Waals surface area contributed by atoms with E-state index in [-0.39, 0.29) is 5.91 Å². The van der Waals surface area contributed by atoms with Crippen LogP contribution in [0.3, 0.4) is 0 Å². The van der Waals surface area contributed by atoms with Crippen molar-refractivity contribution < 1.29 is 19.5 Å². The quantitative estimate of drug-likeness (QED) is 0.270. The Morgan fingerprint density at radius 2 is 1.71 bits per heavy atom. The highest BCUT2D eigenvalue weighted by molar-refractivity contribution is 7.99. The molecule has 0 unspecified atom stereocenters. The molecule has 1 aliphatic heterocycles. The zero-order valence-corrected chi connectivity index (χ0v) is 19.9. The Kier molecular flexibility index (Phi) is 7.72. The van der Waals surface area contributed by atoms with Crippen molar-refractivity contribution >= 4 is 35.2 Å².